The van der Waals surface area contributed by atoms with Crippen molar-refractivity contribution in [2.75, 3.05) is 6.54 Å². The molecule has 0 aromatic heterocycles. The van der Waals surface area contributed by atoms with Crippen LogP contribution >= 0.6 is 0 Å². The second-order valence-electron chi connectivity index (χ2n) is 4.78. The zero-order chi connectivity index (χ0) is 11.6. The van der Waals surface area contributed by atoms with E-state index in [0.29, 0.717) is 6.54 Å². The highest BCUT2D eigenvalue weighted by atomic mass is 16.3. The van der Waals surface area contributed by atoms with Crippen LogP contribution in [0, 0.1) is 0 Å². The maximum Gasteiger partial charge on any atom is 0.115 e. The minimum atomic E-state index is -0.495. The molecule has 0 radical (unpaired) electrons. The van der Waals surface area contributed by atoms with Crippen molar-refractivity contribution in [2.24, 2.45) is 0 Å². The van der Waals surface area contributed by atoms with Crippen molar-refractivity contribution in [1.29, 1.82) is 0 Å². The molecule has 1 unspecified atom stereocenters. The molecular formula is C13H19NO2. The zero-order valence-electron chi connectivity index (χ0n) is 9.61. The van der Waals surface area contributed by atoms with Crippen LogP contribution in [0.1, 0.15) is 37.8 Å². The van der Waals surface area contributed by atoms with E-state index >= 15 is 0 Å². The van der Waals surface area contributed by atoms with Gasteiger partial charge in [-0.2, -0.15) is 0 Å². The highest BCUT2D eigenvalue weighted by Crippen LogP contribution is 2.31. The van der Waals surface area contributed by atoms with Crippen LogP contribution in [0.3, 0.4) is 0 Å². The summed E-state index contributed by atoms with van der Waals surface area (Å²) in [5.74, 6) is 0.286. The Morgan fingerprint density at radius 2 is 2.19 bits per heavy atom. The summed E-state index contributed by atoms with van der Waals surface area (Å²) in [5.41, 5.74) is 0.549. The molecule has 0 aliphatic heterocycles. The predicted molar refractivity (Wildman–Crippen MR) is 63.3 cm³/mol. The summed E-state index contributed by atoms with van der Waals surface area (Å²) >= 11 is 0. The molecule has 1 aliphatic carbocycles. The van der Waals surface area contributed by atoms with Crippen LogP contribution in [0.25, 0.3) is 0 Å². The molecule has 1 atom stereocenters. The third-order valence-electron chi connectivity index (χ3n) is 3.39. The molecule has 88 valence electrons. The van der Waals surface area contributed by atoms with E-state index in [-0.39, 0.29) is 11.8 Å². The van der Waals surface area contributed by atoms with E-state index < -0.39 is 5.60 Å². The molecule has 1 saturated carbocycles. The summed E-state index contributed by atoms with van der Waals surface area (Å²) in [6.07, 6.45) is 2.91. The molecule has 1 fully saturated rings. The van der Waals surface area contributed by atoms with E-state index in [1.54, 1.807) is 12.1 Å². The van der Waals surface area contributed by atoms with Gasteiger partial charge in [-0.05, 0) is 43.9 Å². The average molecular weight is 221 g/mol. The highest BCUT2D eigenvalue weighted by molar-refractivity contribution is 5.29. The topological polar surface area (TPSA) is 52.5 Å². The normalized spacial score (nSPS) is 20.1. The molecule has 16 heavy (non-hydrogen) atoms. The van der Waals surface area contributed by atoms with Gasteiger partial charge in [0, 0.05) is 12.6 Å². The lowest BCUT2D eigenvalue weighted by atomic mass is 9.80. The molecule has 0 heterocycles. The molecule has 2 rings (SSSR count). The molecule has 1 aromatic rings. The largest absolute Gasteiger partial charge is 0.508 e. The van der Waals surface area contributed by atoms with Gasteiger partial charge < -0.3 is 15.5 Å². The van der Waals surface area contributed by atoms with Gasteiger partial charge in [0.15, 0.2) is 0 Å². The molecule has 3 heteroatoms. The van der Waals surface area contributed by atoms with Gasteiger partial charge in [-0.3, -0.25) is 0 Å². The number of benzene rings is 1. The molecular weight excluding hydrogens is 202 g/mol. The Kier molecular flexibility index (Phi) is 3.17. The minimum Gasteiger partial charge on any atom is -0.508 e. The van der Waals surface area contributed by atoms with Gasteiger partial charge in [0.05, 0.1) is 5.60 Å². The Morgan fingerprint density at radius 3 is 2.75 bits per heavy atom. The van der Waals surface area contributed by atoms with Crippen LogP contribution in [0.5, 0.6) is 5.75 Å². The average Bonchev–Trinajstić information content (AvgIpc) is 2.23. The lowest BCUT2D eigenvalue weighted by Gasteiger charge is -2.37. The number of phenols is 1. The maximum absolute atomic E-state index is 9.95. The summed E-state index contributed by atoms with van der Waals surface area (Å²) in [6, 6.07) is 7.37. The van der Waals surface area contributed by atoms with E-state index in [1.165, 1.54) is 0 Å². The van der Waals surface area contributed by atoms with Crippen molar-refractivity contribution in [3.05, 3.63) is 29.8 Å². The van der Waals surface area contributed by atoms with Gasteiger partial charge in [-0.15, -0.1) is 0 Å². The summed E-state index contributed by atoms with van der Waals surface area (Å²) in [7, 11) is 0. The number of rotatable bonds is 4. The van der Waals surface area contributed by atoms with Crippen molar-refractivity contribution in [3.63, 3.8) is 0 Å². The van der Waals surface area contributed by atoms with Crippen molar-refractivity contribution in [2.45, 2.75) is 37.8 Å². The fraction of sp³-hybridized carbons (Fsp3) is 0.538. The van der Waals surface area contributed by atoms with E-state index in [1.807, 2.05) is 19.1 Å². The van der Waals surface area contributed by atoms with Gasteiger partial charge >= 0.3 is 0 Å². The molecule has 0 spiro atoms. The molecule has 3 N–H and O–H groups in total. The number of nitrogens with one attached hydrogen (secondary N) is 1. The van der Waals surface area contributed by atoms with E-state index in [9.17, 15) is 10.2 Å². The fourth-order valence-corrected chi connectivity index (χ4v) is 2.02. The monoisotopic (exact) mass is 221 g/mol. The summed E-state index contributed by atoms with van der Waals surface area (Å²) in [4.78, 5) is 0. The van der Waals surface area contributed by atoms with Crippen molar-refractivity contribution in [1.82, 2.24) is 5.32 Å². The van der Waals surface area contributed by atoms with E-state index in [0.717, 1.165) is 24.8 Å². The van der Waals surface area contributed by atoms with Crippen LogP contribution in [-0.2, 0) is 0 Å². The molecule has 0 saturated heterocycles. The summed E-state index contributed by atoms with van der Waals surface area (Å²) in [6.45, 7) is 2.67. The first-order chi connectivity index (χ1) is 7.59. The van der Waals surface area contributed by atoms with Gasteiger partial charge in [0.2, 0.25) is 0 Å². The first-order valence-electron chi connectivity index (χ1n) is 5.84. The Balaban J connectivity index is 1.90. The Labute approximate surface area is 96.1 Å². The minimum absolute atomic E-state index is 0.150. The molecule has 0 amide bonds. The van der Waals surface area contributed by atoms with Crippen LogP contribution in [-0.4, -0.2) is 22.4 Å². The standard InChI is InChI=1S/C13H19NO2/c1-10(11-4-2-5-12(15)8-11)14-9-13(16)6-3-7-13/h2,4-5,8,10,14-16H,3,6-7,9H2,1H3. The number of hydrogen-bond donors (Lipinski definition) is 3. The third kappa shape index (κ3) is 2.54. The first kappa shape index (κ1) is 11.4. The number of aliphatic hydroxyl groups is 1. The Morgan fingerprint density at radius 1 is 1.44 bits per heavy atom. The van der Waals surface area contributed by atoms with Crippen molar-refractivity contribution >= 4 is 0 Å². The smallest absolute Gasteiger partial charge is 0.115 e. The second-order valence-corrected chi connectivity index (χ2v) is 4.78. The van der Waals surface area contributed by atoms with Gasteiger partial charge in [0.25, 0.3) is 0 Å². The lowest BCUT2D eigenvalue weighted by Crippen LogP contribution is -2.46. The second kappa shape index (κ2) is 4.44. The quantitative estimate of drug-likeness (QED) is 0.728. The molecule has 1 aliphatic rings. The first-order valence-corrected chi connectivity index (χ1v) is 5.84. The molecule has 3 nitrogen and oxygen atoms in total. The molecule has 1 aromatic carbocycles. The van der Waals surface area contributed by atoms with Gasteiger partial charge in [-0.1, -0.05) is 12.1 Å². The van der Waals surface area contributed by atoms with Crippen LogP contribution in [0.2, 0.25) is 0 Å². The third-order valence-corrected chi connectivity index (χ3v) is 3.39. The highest BCUT2D eigenvalue weighted by Gasteiger charge is 2.34. The van der Waals surface area contributed by atoms with E-state index in [2.05, 4.69) is 5.32 Å². The summed E-state index contributed by atoms with van der Waals surface area (Å²) in [5, 5.41) is 22.6. The number of aromatic hydroxyl groups is 1. The van der Waals surface area contributed by atoms with Crippen LogP contribution in [0.4, 0.5) is 0 Å². The van der Waals surface area contributed by atoms with Gasteiger partial charge in [-0.25, -0.2) is 0 Å². The Hall–Kier alpha value is -1.06. The number of hydrogen-bond acceptors (Lipinski definition) is 3. The van der Waals surface area contributed by atoms with Crippen molar-refractivity contribution in [3.8, 4) is 5.75 Å². The number of phenolic OH excluding ortho intramolecular Hbond substituents is 1. The van der Waals surface area contributed by atoms with Crippen LogP contribution in [0.15, 0.2) is 24.3 Å². The summed E-state index contributed by atoms with van der Waals surface area (Å²) < 4.78 is 0. The zero-order valence-corrected chi connectivity index (χ0v) is 9.61. The Bertz CT molecular complexity index is 361. The lowest BCUT2D eigenvalue weighted by molar-refractivity contribution is -0.0329. The SMILES string of the molecule is CC(NCC1(O)CCC1)c1cccc(O)c1. The fourth-order valence-electron chi connectivity index (χ4n) is 2.02. The maximum atomic E-state index is 9.95. The van der Waals surface area contributed by atoms with E-state index in [4.69, 9.17) is 0 Å². The molecule has 0 bridgehead atoms. The van der Waals surface area contributed by atoms with Crippen LogP contribution < -0.4 is 5.32 Å². The predicted octanol–water partition coefficient (Wildman–Crippen LogP) is 1.96. The van der Waals surface area contributed by atoms with Gasteiger partial charge in [0.1, 0.15) is 5.75 Å². The van der Waals surface area contributed by atoms with Crippen molar-refractivity contribution < 1.29 is 10.2 Å².